The summed E-state index contributed by atoms with van der Waals surface area (Å²) in [6.07, 6.45) is 4.91. The van der Waals surface area contributed by atoms with Gasteiger partial charge in [-0.25, -0.2) is 0 Å². The minimum absolute atomic E-state index is 0.189. The molecule has 3 unspecified atom stereocenters. The summed E-state index contributed by atoms with van der Waals surface area (Å²) in [4.78, 5) is 2.61. The van der Waals surface area contributed by atoms with Gasteiger partial charge in [0.2, 0.25) is 0 Å². The summed E-state index contributed by atoms with van der Waals surface area (Å²) in [6, 6.07) is 1.09. The Hall–Kier alpha value is -0.760. The van der Waals surface area contributed by atoms with Crippen molar-refractivity contribution < 1.29 is 4.74 Å². The van der Waals surface area contributed by atoms with Crippen LogP contribution in [0, 0.1) is 0 Å². The topological polar surface area (TPSA) is 12.5 Å². The van der Waals surface area contributed by atoms with Crippen LogP contribution in [-0.4, -0.2) is 29.1 Å². The molecule has 2 heteroatoms. The second kappa shape index (κ2) is 4.49. The van der Waals surface area contributed by atoms with Gasteiger partial charge in [-0.15, -0.1) is 0 Å². The van der Waals surface area contributed by atoms with Crippen LogP contribution in [0.3, 0.4) is 0 Å². The maximum absolute atomic E-state index is 6.16. The fourth-order valence-electron chi connectivity index (χ4n) is 3.64. The smallest absolute Gasteiger partial charge is 0.146 e. The number of allylic oxidation sites excluding steroid dienone is 1. The van der Waals surface area contributed by atoms with E-state index in [-0.39, 0.29) is 5.60 Å². The Bertz CT molecular complexity index is 336. The van der Waals surface area contributed by atoms with E-state index in [1.165, 1.54) is 25.8 Å². The van der Waals surface area contributed by atoms with Gasteiger partial charge in [0.15, 0.2) is 0 Å². The number of ether oxygens (including phenoxy) is 1. The molecule has 0 aromatic heterocycles. The van der Waals surface area contributed by atoms with E-state index in [1.54, 1.807) is 0 Å². The third-order valence-electron chi connectivity index (χ3n) is 4.33. The molecule has 2 rings (SSSR count). The molecule has 2 aliphatic rings. The summed E-state index contributed by atoms with van der Waals surface area (Å²) in [5.41, 5.74) is 0.966. The average molecular weight is 235 g/mol. The number of nitrogens with zero attached hydrogens (tertiary/aromatic N) is 1. The minimum Gasteiger partial charge on any atom is -0.486 e. The van der Waals surface area contributed by atoms with Gasteiger partial charge < -0.3 is 4.74 Å². The fraction of sp³-hybridized carbons (Fsp3) is 0.733. The summed E-state index contributed by atoms with van der Waals surface area (Å²) >= 11 is 0. The molecule has 2 aliphatic heterocycles. The average Bonchev–Trinajstić information content (AvgIpc) is 2.53. The van der Waals surface area contributed by atoms with Crippen molar-refractivity contribution in [3.63, 3.8) is 0 Å². The van der Waals surface area contributed by atoms with Gasteiger partial charge in [0.05, 0.1) is 11.8 Å². The molecule has 0 aliphatic carbocycles. The first-order chi connectivity index (χ1) is 7.97. The third-order valence-corrected chi connectivity index (χ3v) is 4.33. The quantitative estimate of drug-likeness (QED) is 0.548. The molecule has 96 valence electrons. The van der Waals surface area contributed by atoms with Crippen molar-refractivity contribution in [1.29, 1.82) is 0 Å². The molecule has 3 atom stereocenters. The van der Waals surface area contributed by atoms with Gasteiger partial charge in [0.25, 0.3) is 0 Å². The lowest BCUT2D eigenvalue weighted by molar-refractivity contribution is -0.00803. The lowest BCUT2D eigenvalue weighted by atomic mass is 9.83. The predicted octanol–water partition coefficient (Wildman–Crippen LogP) is 3.50. The molecule has 2 nitrogen and oxygen atoms in total. The van der Waals surface area contributed by atoms with Gasteiger partial charge in [-0.3, -0.25) is 4.90 Å². The van der Waals surface area contributed by atoms with Gasteiger partial charge in [-0.2, -0.15) is 0 Å². The van der Waals surface area contributed by atoms with Crippen molar-refractivity contribution in [1.82, 2.24) is 4.90 Å². The van der Waals surface area contributed by atoms with Gasteiger partial charge in [-0.1, -0.05) is 19.6 Å². The van der Waals surface area contributed by atoms with E-state index >= 15 is 0 Å². The maximum atomic E-state index is 6.16. The zero-order chi connectivity index (χ0) is 12.6. The Morgan fingerprint density at radius 1 is 1.29 bits per heavy atom. The maximum Gasteiger partial charge on any atom is 0.146 e. The number of fused-ring (bicyclic) bond motifs is 1. The highest BCUT2D eigenvalue weighted by Crippen LogP contribution is 2.45. The molecule has 2 heterocycles. The molecule has 0 aromatic rings. The van der Waals surface area contributed by atoms with E-state index in [4.69, 9.17) is 4.74 Å². The van der Waals surface area contributed by atoms with Crippen LogP contribution in [0.15, 0.2) is 24.5 Å². The molecule has 2 saturated heterocycles. The monoisotopic (exact) mass is 235 g/mol. The van der Waals surface area contributed by atoms with E-state index < -0.39 is 0 Å². The van der Waals surface area contributed by atoms with Gasteiger partial charge in [0.1, 0.15) is 5.60 Å². The molecule has 0 radical (unpaired) electrons. The van der Waals surface area contributed by atoms with E-state index in [2.05, 4.69) is 31.9 Å². The Kier molecular flexibility index (Phi) is 3.35. The fourth-order valence-corrected chi connectivity index (χ4v) is 3.64. The molecular weight excluding hydrogens is 210 g/mol. The molecule has 0 bridgehead atoms. The van der Waals surface area contributed by atoms with E-state index in [0.29, 0.717) is 12.1 Å². The Morgan fingerprint density at radius 3 is 2.59 bits per heavy atom. The zero-order valence-corrected chi connectivity index (χ0v) is 11.5. The normalized spacial score (nSPS) is 37.6. The molecule has 17 heavy (non-hydrogen) atoms. The Balaban J connectivity index is 2.32. The number of rotatable bonds is 3. The van der Waals surface area contributed by atoms with E-state index in [1.807, 2.05) is 6.92 Å². The SMILES string of the molecule is C=C(C)OC1(C(=C)C)CC(C)N2CCCCC21. The van der Waals surface area contributed by atoms with Crippen molar-refractivity contribution in [3.05, 3.63) is 24.5 Å². The second-order valence-electron chi connectivity index (χ2n) is 5.78. The van der Waals surface area contributed by atoms with Crippen molar-refractivity contribution in [2.75, 3.05) is 6.54 Å². The van der Waals surface area contributed by atoms with Crippen molar-refractivity contribution in [3.8, 4) is 0 Å². The first-order valence-electron chi connectivity index (χ1n) is 6.73. The van der Waals surface area contributed by atoms with Crippen LogP contribution in [0.2, 0.25) is 0 Å². The van der Waals surface area contributed by atoms with Gasteiger partial charge in [-0.05, 0) is 45.7 Å². The van der Waals surface area contributed by atoms with Crippen molar-refractivity contribution in [2.45, 2.75) is 64.1 Å². The summed E-state index contributed by atoms with van der Waals surface area (Å²) < 4.78 is 6.16. The van der Waals surface area contributed by atoms with Crippen LogP contribution in [0.5, 0.6) is 0 Å². The molecule has 0 N–H and O–H groups in total. The zero-order valence-electron chi connectivity index (χ0n) is 11.5. The largest absolute Gasteiger partial charge is 0.486 e. The van der Waals surface area contributed by atoms with Crippen LogP contribution < -0.4 is 0 Å². The van der Waals surface area contributed by atoms with Crippen LogP contribution in [0.4, 0.5) is 0 Å². The highest BCUT2D eigenvalue weighted by molar-refractivity contribution is 5.23. The summed E-state index contributed by atoms with van der Waals surface area (Å²) in [7, 11) is 0. The summed E-state index contributed by atoms with van der Waals surface area (Å²) in [5, 5.41) is 0. The van der Waals surface area contributed by atoms with Crippen LogP contribution in [0.25, 0.3) is 0 Å². The van der Waals surface area contributed by atoms with Crippen LogP contribution in [0.1, 0.15) is 46.5 Å². The molecule has 0 saturated carbocycles. The van der Waals surface area contributed by atoms with Crippen molar-refractivity contribution >= 4 is 0 Å². The predicted molar refractivity (Wildman–Crippen MR) is 71.9 cm³/mol. The lowest BCUT2D eigenvalue weighted by Crippen LogP contribution is -2.49. The third kappa shape index (κ3) is 2.03. The first-order valence-corrected chi connectivity index (χ1v) is 6.73. The number of piperidine rings is 1. The molecule has 0 spiro atoms. The highest BCUT2D eigenvalue weighted by Gasteiger charge is 2.53. The van der Waals surface area contributed by atoms with Gasteiger partial charge >= 0.3 is 0 Å². The van der Waals surface area contributed by atoms with Gasteiger partial charge in [0, 0.05) is 12.5 Å². The lowest BCUT2D eigenvalue weighted by Gasteiger charge is -2.41. The standard InChI is InChI=1S/C15H25NO/c1-11(2)15(17-12(3)4)10-13(5)16-9-7-6-8-14(15)16/h13-14H,1,3,6-10H2,2,4-5H3. The number of hydrogen-bond donors (Lipinski definition) is 0. The molecule has 2 fully saturated rings. The second-order valence-corrected chi connectivity index (χ2v) is 5.78. The number of hydrogen-bond acceptors (Lipinski definition) is 2. The van der Waals surface area contributed by atoms with E-state index in [9.17, 15) is 0 Å². The summed E-state index contributed by atoms with van der Waals surface area (Å²) in [6.45, 7) is 15.7. The van der Waals surface area contributed by atoms with Crippen LogP contribution in [-0.2, 0) is 4.74 Å². The Morgan fingerprint density at radius 2 is 2.00 bits per heavy atom. The molecular formula is C15H25NO. The van der Waals surface area contributed by atoms with Crippen LogP contribution >= 0.6 is 0 Å². The Labute approximate surface area is 105 Å². The van der Waals surface area contributed by atoms with Crippen molar-refractivity contribution in [2.24, 2.45) is 0 Å². The molecule has 0 aromatic carbocycles. The first kappa shape index (κ1) is 12.7. The highest BCUT2D eigenvalue weighted by atomic mass is 16.5. The van der Waals surface area contributed by atoms with E-state index in [0.717, 1.165) is 17.8 Å². The molecule has 0 amide bonds. The summed E-state index contributed by atoms with van der Waals surface area (Å²) in [5.74, 6) is 0.813. The minimum atomic E-state index is -0.189.